The Bertz CT molecular complexity index is 1170. The third kappa shape index (κ3) is 9.37. The van der Waals surface area contributed by atoms with Crippen LogP contribution in [-0.4, -0.2) is 24.4 Å². The van der Waals surface area contributed by atoms with Gasteiger partial charge in [0.1, 0.15) is 0 Å². The average molecular weight is 503 g/mol. The van der Waals surface area contributed by atoms with E-state index in [1.165, 1.54) is 38.5 Å². The summed E-state index contributed by atoms with van der Waals surface area (Å²) < 4.78 is 5.25. The second kappa shape index (κ2) is 15.4. The van der Waals surface area contributed by atoms with Gasteiger partial charge >= 0.3 is 5.97 Å². The van der Waals surface area contributed by atoms with E-state index in [0.717, 1.165) is 30.0 Å². The summed E-state index contributed by atoms with van der Waals surface area (Å²) in [5.74, 6) is -1.22. The number of benzene rings is 3. The number of hydrogen-bond donors (Lipinski definition) is 2. The topological polar surface area (TPSA) is 84.5 Å². The first kappa shape index (κ1) is 27.9. The predicted molar refractivity (Wildman–Crippen MR) is 150 cm³/mol. The van der Waals surface area contributed by atoms with Crippen molar-refractivity contribution in [3.63, 3.8) is 0 Å². The van der Waals surface area contributed by atoms with E-state index >= 15 is 0 Å². The molecule has 0 bridgehead atoms. The summed E-state index contributed by atoms with van der Waals surface area (Å²) in [4.78, 5) is 37.6. The van der Waals surface area contributed by atoms with Gasteiger partial charge < -0.3 is 15.4 Å². The fraction of sp³-hybridized carbons (Fsp3) is 0.387. The van der Waals surface area contributed by atoms with Gasteiger partial charge in [-0.1, -0.05) is 107 Å². The third-order valence-corrected chi connectivity index (χ3v) is 6.33. The summed E-state index contributed by atoms with van der Waals surface area (Å²) in [5.41, 5.74) is 1.27. The number of carbonyl (C=O) groups is 3. The van der Waals surface area contributed by atoms with Gasteiger partial charge in [0.25, 0.3) is 5.91 Å². The maximum absolute atomic E-state index is 12.7. The minimum Gasteiger partial charge on any atom is -0.452 e. The van der Waals surface area contributed by atoms with Crippen LogP contribution in [0.2, 0.25) is 0 Å². The Morgan fingerprint density at radius 2 is 1.24 bits per heavy atom. The lowest BCUT2D eigenvalue weighted by Crippen LogP contribution is -2.22. The van der Waals surface area contributed by atoms with Crippen LogP contribution in [0.4, 0.5) is 11.4 Å². The summed E-state index contributed by atoms with van der Waals surface area (Å²) in [6, 6.07) is 20.0. The fourth-order valence-corrected chi connectivity index (χ4v) is 4.31. The van der Waals surface area contributed by atoms with Crippen molar-refractivity contribution < 1.29 is 19.1 Å². The van der Waals surface area contributed by atoms with Crippen molar-refractivity contribution in [2.24, 2.45) is 0 Å². The summed E-state index contributed by atoms with van der Waals surface area (Å²) in [5, 5.41) is 7.54. The van der Waals surface area contributed by atoms with Crippen molar-refractivity contribution in [3.8, 4) is 0 Å². The number of unbranched alkanes of at least 4 members (excludes halogenated alkanes) is 8. The van der Waals surface area contributed by atoms with Crippen LogP contribution in [0.1, 0.15) is 81.5 Å². The molecule has 0 fully saturated rings. The van der Waals surface area contributed by atoms with E-state index < -0.39 is 18.5 Å². The molecule has 196 valence electrons. The molecule has 0 unspecified atom stereocenters. The van der Waals surface area contributed by atoms with Crippen LogP contribution in [0.15, 0.2) is 66.7 Å². The molecule has 0 aliphatic rings. The van der Waals surface area contributed by atoms with Crippen molar-refractivity contribution in [1.82, 2.24) is 0 Å². The highest BCUT2D eigenvalue weighted by atomic mass is 16.5. The standard InChI is InChI=1S/C31H38N2O4/c1-2-3-4-5-6-7-8-9-10-22-29(34)32-28-20-14-13-19-26(28)31(36)37-23-30(35)33-27-21-15-17-24-16-11-12-18-25(24)27/h11-21H,2-10,22-23H2,1H3,(H,32,34)(H,33,35). The minimum absolute atomic E-state index is 0.128. The van der Waals surface area contributed by atoms with Gasteiger partial charge in [-0.05, 0) is 30.0 Å². The number of anilines is 2. The van der Waals surface area contributed by atoms with E-state index in [4.69, 9.17) is 4.74 Å². The Labute approximate surface area is 219 Å². The molecule has 0 saturated carbocycles. The van der Waals surface area contributed by atoms with E-state index in [2.05, 4.69) is 17.6 Å². The maximum atomic E-state index is 12.7. The van der Waals surface area contributed by atoms with Gasteiger partial charge in [-0.15, -0.1) is 0 Å². The van der Waals surface area contributed by atoms with Gasteiger partial charge in [-0.3, -0.25) is 9.59 Å². The molecule has 0 aromatic heterocycles. The number of carbonyl (C=O) groups excluding carboxylic acids is 3. The molecule has 2 amide bonds. The maximum Gasteiger partial charge on any atom is 0.340 e. The molecule has 0 heterocycles. The molecule has 2 N–H and O–H groups in total. The molecular weight excluding hydrogens is 464 g/mol. The molecule has 6 nitrogen and oxygen atoms in total. The first-order chi connectivity index (χ1) is 18.1. The number of rotatable bonds is 15. The van der Waals surface area contributed by atoms with Crippen molar-refractivity contribution in [2.75, 3.05) is 17.2 Å². The summed E-state index contributed by atoms with van der Waals surface area (Å²) in [6.45, 7) is 1.79. The lowest BCUT2D eigenvalue weighted by Gasteiger charge is -2.12. The van der Waals surface area contributed by atoms with Gasteiger partial charge in [-0.25, -0.2) is 4.79 Å². The Kier molecular flexibility index (Phi) is 11.6. The Morgan fingerprint density at radius 1 is 0.649 bits per heavy atom. The van der Waals surface area contributed by atoms with Crippen molar-refractivity contribution in [1.29, 1.82) is 0 Å². The molecule has 3 aromatic rings. The minimum atomic E-state index is -0.660. The summed E-state index contributed by atoms with van der Waals surface area (Å²) in [6.07, 6.45) is 11.1. The monoisotopic (exact) mass is 502 g/mol. The van der Waals surface area contributed by atoms with Crippen LogP contribution in [0.25, 0.3) is 10.8 Å². The van der Waals surface area contributed by atoms with Crippen molar-refractivity contribution in [2.45, 2.75) is 71.1 Å². The highest BCUT2D eigenvalue weighted by Crippen LogP contribution is 2.23. The van der Waals surface area contributed by atoms with E-state index in [1.807, 2.05) is 36.4 Å². The number of amides is 2. The van der Waals surface area contributed by atoms with Crippen molar-refractivity contribution >= 4 is 39.9 Å². The first-order valence-corrected chi connectivity index (χ1v) is 13.4. The zero-order valence-electron chi connectivity index (χ0n) is 21.8. The van der Waals surface area contributed by atoms with E-state index in [9.17, 15) is 14.4 Å². The Morgan fingerprint density at radius 3 is 2.03 bits per heavy atom. The number of nitrogens with one attached hydrogen (secondary N) is 2. The molecule has 3 rings (SSSR count). The van der Waals surface area contributed by atoms with Crippen LogP contribution >= 0.6 is 0 Å². The van der Waals surface area contributed by atoms with Crippen LogP contribution in [-0.2, 0) is 14.3 Å². The molecule has 3 aromatic carbocycles. The molecule has 0 aliphatic carbocycles. The van der Waals surface area contributed by atoms with E-state index in [1.54, 1.807) is 30.3 Å². The normalized spacial score (nSPS) is 10.7. The first-order valence-electron chi connectivity index (χ1n) is 13.4. The van der Waals surface area contributed by atoms with Gasteiger partial charge in [0.2, 0.25) is 5.91 Å². The quantitative estimate of drug-likeness (QED) is 0.166. The SMILES string of the molecule is CCCCCCCCCCCC(=O)Nc1ccccc1C(=O)OCC(=O)Nc1cccc2ccccc12. The van der Waals surface area contributed by atoms with E-state index in [0.29, 0.717) is 17.8 Å². The fourth-order valence-electron chi connectivity index (χ4n) is 4.31. The Hall–Kier alpha value is -3.67. The van der Waals surface area contributed by atoms with Crippen LogP contribution in [0.3, 0.4) is 0 Å². The molecule has 37 heavy (non-hydrogen) atoms. The molecular formula is C31H38N2O4. The summed E-state index contributed by atoms with van der Waals surface area (Å²) in [7, 11) is 0. The second-order valence-corrected chi connectivity index (χ2v) is 9.32. The summed E-state index contributed by atoms with van der Waals surface area (Å²) >= 11 is 0. The van der Waals surface area contributed by atoms with E-state index in [-0.39, 0.29) is 11.5 Å². The molecule has 0 spiro atoms. The third-order valence-electron chi connectivity index (χ3n) is 6.33. The molecule has 6 heteroatoms. The number of esters is 1. The molecule has 0 atom stereocenters. The molecule has 0 saturated heterocycles. The average Bonchev–Trinajstić information content (AvgIpc) is 2.91. The van der Waals surface area contributed by atoms with Gasteiger partial charge in [0.15, 0.2) is 6.61 Å². The van der Waals surface area contributed by atoms with Crippen molar-refractivity contribution in [3.05, 3.63) is 72.3 Å². The largest absolute Gasteiger partial charge is 0.452 e. The molecule has 0 radical (unpaired) electrons. The zero-order valence-corrected chi connectivity index (χ0v) is 21.8. The van der Waals surface area contributed by atoms with Gasteiger partial charge in [0, 0.05) is 17.5 Å². The van der Waals surface area contributed by atoms with Crippen LogP contribution in [0, 0.1) is 0 Å². The van der Waals surface area contributed by atoms with Crippen LogP contribution in [0.5, 0.6) is 0 Å². The second-order valence-electron chi connectivity index (χ2n) is 9.32. The zero-order chi connectivity index (χ0) is 26.3. The predicted octanol–water partition coefficient (Wildman–Crippen LogP) is 7.49. The van der Waals surface area contributed by atoms with Crippen LogP contribution < -0.4 is 10.6 Å². The number of hydrogen-bond acceptors (Lipinski definition) is 4. The Balaban J connectivity index is 1.42. The van der Waals surface area contributed by atoms with Gasteiger partial charge in [0.05, 0.1) is 11.3 Å². The highest BCUT2D eigenvalue weighted by Gasteiger charge is 2.16. The number of ether oxygens (including phenoxy) is 1. The lowest BCUT2D eigenvalue weighted by molar-refractivity contribution is -0.119. The van der Waals surface area contributed by atoms with Gasteiger partial charge in [-0.2, -0.15) is 0 Å². The lowest BCUT2D eigenvalue weighted by atomic mass is 10.1. The number of fused-ring (bicyclic) bond motifs is 1. The highest BCUT2D eigenvalue weighted by molar-refractivity contribution is 6.04. The molecule has 0 aliphatic heterocycles. The smallest absolute Gasteiger partial charge is 0.340 e. The number of para-hydroxylation sites is 1.